The largest absolute Gasteiger partial charge is 0.298 e. The third-order valence-electron chi connectivity index (χ3n) is 2.63. The SMILES string of the molecule is O=Cc1cccc(F)c1-c1c(F)c(F)c(F)c(F)c1F. The molecule has 104 valence electrons. The standard InChI is InChI=1S/C13H4F6O/c14-6-3-1-2-5(4-20)7(6)8-9(15)11(17)13(19)12(18)10(8)16/h1-4H. The number of rotatable bonds is 2. The summed E-state index contributed by atoms with van der Waals surface area (Å²) in [4.78, 5) is 10.7. The lowest BCUT2D eigenvalue weighted by Gasteiger charge is -2.11. The van der Waals surface area contributed by atoms with Crippen LogP contribution in [0.25, 0.3) is 11.1 Å². The second kappa shape index (κ2) is 4.99. The van der Waals surface area contributed by atoms with Gasteiger partial charge in [0.05, 0.1) is 5.56 Å². The average molecular weight is 290 g/mol. The van der Waals surface area contributed by atoms with Crippen LogP contribution in [0.15, 0.2) is 18.2 Å². The maximum atomic E-state index is 13.6. The second-order valence-corrected chi connectivity index (χ2v) is 3.77. The van der Waals surface area contributed by atoms with Gasteiger partial charge in [-0.15, -0.1) is 0 Å². The predicted octanol–water partition coefficient (Wildman–Crippen LogP) is 4.00. The molecule has 2 aromatic carbocycles. The zero-order valence-corrected chi connectivity index (χ0v) is 9.49. The van der Waals surface area contributed by atoms with Crippen molar-refractivity contribution in [3.8, 4) is 11.1 Å². The number of halogens is 6. The van der Waals surface area contributed by atoms with Gasteiger partial charge in [0.15, 0.2) is 29.6 Å². The molecule has 0 aromatic heterocycles. The van der Waals surface area contributed by atoms with Gasteiger partial charge in [0.2, 0.25) is 5.82 Å². The molecule has 0 aliphatic carbocycles. The fourth-order valence-electron chi connectivity index (χ4n) is 1.73. The molecule has 20 heavy (non-hydrogen) atoms. The van der Waals surface area contributed by atoms with Crippen LogP contribution in [-0.2, 0) is 0 Å². The molecule has 0 saturated heterocycles. The van der Waals surface area contributed by atoms with Gasteiger partial charge in [0.25, 0.3) is 0 Å². The third-order valence-corrected chi connectivity index (χ3v) is 2.63. The monoisotopic (exact) mass is 290 g/mol. The summed E-state index contributed by atoms with van der Waals surface area (Å²) in [5.41, 5.74) is -2.98. The molecule has 0 radical (unpaired) electrons. The molecule has 1 nitrogen and oxygen atoms in total. The highest BCUT2D eigenvalue weighted by Crippen LogP contribution is 2.34. The molecular formula is C13H4F6O. The van der Waals surface area contributed by atoms with Gasteiger partial charge in [-0.1, -0.05) is 12.1 Å². The maximum Gasteiger partial charge on any atom is 0.200 e. The van der Waals surface area contributed by atoms with E-state index in [4.69, 9.17) is 0 Å². The molecule has 0 spiro atoms. The van der Waals surface area contributed by atoms with Gasteiger partial charge >= 0.3 is 0 Å². The molecule has 0 N–H and O–H groups in total. The van der Waals surface area contributed by atoms with Crippen LogP contribution in [0.2, 0.25) is 0 Å². The Morgan fingerprint density at radius 3 is 1.70 bits per heavy atom. The lowest BCUT2D eigenvalue weighted by Crippen LogP contribution is -2.06. The highest BCUT2D eigenvalue weighted by molar-refractivity contribution is 5.88. The van der Waals surface area contributed by atoms with E-state index in [1.165, 1.54) is 0 Å². The van der Waals surface area contributed by atoms with E-state index in [-0.39, 0.29) is 6.29 Å². The second-order valence-electron chi connectivity index (χ2n) is 3.77. The van der Waals surface area contributed by atoms with Crippen LogP contribution < -0.4 is 0 Å². The van der Waals surface area contributed by atoms with E-state index in [0.29, 0.717) is 0 Å². The summed E-state index contributed by atoms with van der Waals surface area (Å²) in [6.07, 6.45) is 0.0520. The number of aldehydes is 1. The maximum absolute atomic E-state index is 13.6. The van der Waals surface area contributed by atoms with Crippen LogP contribution >= 0.6 is 0 Å². The number of benzene rings is 2. The number of hydrogen-bond acceptors (Lipinski definition) is 1. The van der Waals surface area contributed by atoms with Crippen molar-refractivity contribution in [3.05, 3.63) is 58.7 Å². The summed E-state index contributed by atoms with van der Waals surface area (Å²) in [5, 5.41) is 0. The minimum absolute atomic E-state index is 0.0520. The molecule has 2 aromatic rings. The Morgan fingerprint density at radius 1 is 0.700 bits per heavy atom. The van der Waals surface area contributed by atoms with Gasteiger partial charge in [-0.2, -0.15) is 0 Å². The molecule has 0 unspecified atom stereocenters. The minimum Gasteiger partial charge on any atom is -0.298 e. The molecule has 0 fully saturated rings. The van der Waals surface area contributed by atoms with Crippen LogP contribution in [0.1, 0.15) is 10.4 Å². The topological polar surface area (TPSA) is 17.1 Å². The molecule has 0 aliphatic rings. The Kier molecular flexibility index (Phi) is 3.52. The van der Waals surface area contributed by atoms with Gasteiger partial charge in [-0.25, -0.2) is 26.3 Å². The van der Waals surface area contributed by atoms with Crippen LogP contribution in [0.3, 0.4) is 0 Å². The first kappa shape index (κ1) is 14.1. The van der Waals surface area contributed by atoms with Crippen molar-refractivity contribution in [1.29, 1.82) is 0 Å². The molecular weight excluding hydrogens is 286 g/mol. The Morgan fingerprint density at radius 2 is 1.20 bits per heavy atom. The fraction of sp³-hybridized carbons (Fsp3) is 0. The van der Waals surface area contributed by atoms with Crippen molar-refractivity contribution in [2.75, 3.05) is 0 Å². The summed E-state index contributed by atoms with van der Waals surface area (Å²) in [5.74, 6) is -12.5. The van der Waals surface area contributed by atoms with E-state index < -0.39 is 51.6 Å². The Labute approximate surface area is 108 Å². The lowest BCUT2D eigenvalue weighted by molar-refractivity contribution is 0.112. The highest BCUT2D eigenvalue weighted by Gasteiger charge is 2.29. The van der Waals surface area contributed by atoms with Gasteiger partial charge < -0.3 is 0 Å². The van der Waals surface area contributed by atoms with Crippen molar-refractivity contribution in [2.24, 2.45) is 0 Å². The third kappa shape index (κ3) is 1.95. The first-order chi connectivity index (χ1) is 9.40. The molecule has 7 heteroatoms. The number of carbonyl (C=O) groups is 1. The lowest BCUT2D eigenvalue weighted by atomic mass is 9.98. The summed E-state index contributed by atoms with van der Waals surface area (Å²) in [7, 11) is 0. The summed E-state index contributed by atoms with van der Waals surface area (Å²) >= 11 is 0. The van der Waals surface area contributed by atoms with E-state index in [9.17, 15) is 31.1 Å². The molecule has 0 amide bonds. The Hall–Kier alpha value is -2.31. The van der Waals surface area contributed by atoms with Gasteiger partial charge in [0.1, 0.15) is 5.82 Å². The molecule has 0 atom stereocenters. The normalized spacial score (nSPS) is 10.7. The number of hydrogen-bond donors (Lipinski definition) is 0. The first-order valence-corrected chi connectivity index (χ1v) is 5.15. The van der Waals surface area contributed by atoms with Crippen LogP contribution in [0.4, 0.5) is 26.3 Å². The van der Waals surface area contributed by atoms with Gasteiger partial charge in [-0.05, 0) is 6.07 Å². The molecule has 0 bridgehead atoms. The van der Waals surface area contributed by atoms with E-state index in [1.807, 2.05) is 0 Å². The highest BCUT2D eigenvalue weighted by atomic mass is 19.2. The van der Waals surface area contributed by atoms with Crippen molar-refractivity contribution in [2.45, 2.75) is 0 Å². The van der Waals surface area contributed by atoms with E-state index in [0.717, 1.165) is 18.2 Å². The predicted molar refractivity (Wildman–Crippen MR) is 57.0 cm³/mol. The first-order valence-electron chi connectivity index (χ1n) is 5.15. The zero-order chi connectivity index (χ0) is 15.0. The average Bonchev–Trinajstić information content (AvgIpc) is 2.44. The van der Waals surface area contributed by atoms with Crippen molar-refractivity contribution in [3.63, 3.8) is 0 Å². The van der Waals surface area contributed by atoms with E-state index >= 15 is 0 Å². The summed E-state index contributed by atoms with van der Waals surface area (Å²) in [6.45, 7) is 0. The van der Waals surface area contributed by atoms with Crippen LogP contribution in [0, 0.1) is 34.9 Å². The zero-order valence-electron chi connectivity index (χ0n) is 9.49. The molecule has 0 aliphatic heterocycles. The molecule has 0 heterocycles. The van der Waals surface area contributed by atoms with Crippen molar-refractivity contribution < 1.29 is 31.1 Å². The van der Waals surface area contributed by atoms with Gasteiger partial charge in [0, 0.05) is 11.1 Å². The van der Waals surface area contributed by atoms with Gasteiger partial charge in [-0.3, -0.25) is 4.79 Å². The van der Waals surface area contributed by atoms with E-state index in [2.05, 4.69) is 0 Å². The summed E-state index contributed by atoms with van der Waals surface area (Å²) < 4.78 is 79.9. The Balaban J connectivity index is 2.95. The number of carbonyl (C=O) groups excluding carboxylic acids is 1. The van der Waals surface area contributed by atoms with Crippen LogP contribution in [-0.4, -0.2) is 6.29 Å². The minimum atomic E-state index is -2.35. The van der Waals surface area contributed by atoms with Crippen molar-refractivity contribution >= 4 is 6.29 Å². The smallest absolute Gasteiger partial charge is 0.200 e. The van der Waals surface area contributed by atoms with Crippen molar-refractivity contribution in [1.82, 2.24) is 0 Å². The molecule has 2 rings (SSSR count). The Bertz CT molecular complexity index is 681. The summed E-state index contributed by atoms with van der Waals surface area (Å²) in [6, 6.07) is 2.79. The molecule has 0 saturated carbocycles. The van der Waals surface area contributed by atoms with E-state index in [1.54, 1.807) is 0 Å². The fourth-order valence-corrected chi connectivity index (χ4v) is 1.73. The van der Waals surface area contributed by atoms with Crippen LogP contribution in [0.5, 0.6) is 0 Å². The quantitative estimate of drug-likeness (QED) is 0.353.